The summed E-state index contributed by atoms with van der Waals surface area (Å²) in [4.78, 5) is 52.8. The van der Waals surface area contributed by atoms with Crippen LogP contribution in [-0.4, -0.2) is 72.0 Å². The second-order valence-electron chi connectivity index (χ2n) is 9.22. The smallest absolute Gasteiger partial charge is 0.237 e. The van der Waals surface area contributed by atoms with Crippen LogP contribution in [0.4, 0.5) is 0 Å². The molecule has 12 nitrogen and oxygen atoms in total. The molecule has 4 N–H and O–H groups in total. The molecule has 0 aromatic heterocycles. The van der Waals surface area contributed by atoms with Crippen molar-refractivity contribution in [3.05, 3.63) is 82.9 Å². The Bertz CT molecular complexity index is 1690. The third kappa shape index (κ3) is 5.68. The number of phenols is 4. The molecule has 0 spiro atoms. The molecular formula is C32H26O12. The highest BCUT2D eigenvalue weighted by Crippen LogP contribution is 2.42. The fourth-order valence-electron chi connectivity index (χ4n) is 4.41. The molecule has 0 fully saturated rings. The summed E-state index contributed by atoms with van der Waals surface area (Å²) in [6.45, 7) is 0. The average molecular weight is 603 g/mol. The summed E-state index contributed by atoms with van der Waals surface area (Å²) >= 11 is 0. The van der Waals surface area contributed by atoms with Gasteiger partial charge in [-0.1, -0.05) is 0 Å². The first-order chi connectivity index (χ1) is 20.9. The number of ether oxygens (including phenoxy) is 4. The summed E-state index contributed by atoms with van der Waals surface area (Å²) in [5.41, 5.74) is -2.00. The molecule has 12 heteroatoms. The highest BCUT2D eigenvalue weighted by Gasteiger charge is 2.29. The molecule has 44 heavy (non-hydrogen) atoms. The molecule has 226 valence electrons. The van der Waals surface area contributed by atoms with Crippen LogP contribution >= 0.6 is 0 Å². The molecule has 0 saturated heterocycles. The second kappa shape index (κ2) is 12.4. The minimum Gasteiger partial charge on any atom is -0.507 e. The number of carbonyl (C=O) groups excluding carboxylic acids is 4. The summed E-state index contributed by atoms with van der Waals surface area (Å²) < 4.78 is 20.6. The number of Topliss-reactive ketones (excluding diaryl/α,β-unsaturated/α-hetero) is 4. The molecule has 4 rings (SSSR count). The minimum atomic E-state index is -1.19. The van der Waals surface area contributed by atoms with Gasteiger partial charge in [0, 0.05) is 35.4 Å². The van der Waals surface area contributed by atoms with E-state index in [0.29, 0.717) is 11.5 Å². The number of carbonyl (C=O) groups is 4. The lowest BCUT2D eigenvalue weighted by atomic mass is 9.92. The van der Waals surface area contributed by atoms with Gasteiger partial charge in [0.05, 0.1) is 50.7 Å². The van der Waals surface area contributed by atoms with Gasteiger partial charge in [-0.3, -0.25) is 19.2 Å². The Balaban J connectivity index is 1.77. The van der Waals surface area contributed by atoms with E-state index >= 15 is 0 Å². The lowest BCUT2D eigenvalue weighted by Crippen LogP contribution is -2.16. The van der Waals surface area contributed by atoms with Crippen LogP contribution in [0.2, 0.25) is 0 Å². The summed E-state index contributed by atoms with van der Waals surface area (Å²) in [5.74, 6) is -6.57. The first-order valence-electron chi connectivity index (χ1n) is 12.7. The van der Waals surface area contributed by atoms with Crippen molar-refractivity contribution in [1.29, 1.82) is 0 Å². The minimum absolute atomic E-state index is 0.0266. The molecule has 4 aromatic carbocycles. The normalized spacial score (nSPS) is 10.5. The summed E-state index contributed by atoms with van der Waals surface area (Å²) in [6.07, 6.45) is 0. The zero-order valence-electron chi connectivity index (χ0n) is 23.8. The Labute approximate surface area is 250 Å². The lowest BCUT2D eigenvalue weighted by Gasteiger charge is -2.14. The van der Waals surface area contributed by atoms with Crippen molar-refractivity contribution in [3.63, 3.8) is 0 Å². The van der Waals surface area contributed by atoms with Gasteiger partial charge in [-0.25, -0.2) is 0 Å². The fourth-order valence-corrected chi connectivity index (χ4v) is 4.41. The molecule has 0 saturated carbocycles. The zero-order chi connectivity index (χ0) is 32.3. The Kier molecular flexibility index (Phi) is 8.75. The summed E-state index contributed by atoms with van der Waals surface area (Å²) in [5, 5.41) is 42.2. The van der Waals surface area contributed by atoms with Crippen molar-refractivity contribution in [2.24, 2.45) is 0 Å². The van der Waals surface area contributed by atoms with Crippen LogP contribution in [-0.2, 0) is 0 Å². The lowest BCUT2D eigenvalue weighted by molar-refractivity contribution is 0.0813. The van der Waals surface area contributed by atoms with E-state index in [1.807, 2.05) is 0 Å². The van der Waals surface area contributed by atoms with E-state index in [1.165, 1.54) is 64.8 Å². The first kappa shape index (κ1) is 30.9. The predicted molar refractivity (Wildman–Crippen MR) is 155 cm³/mol. The van der Waals surface area contributed by atoms with Crippen molar-refractivity contribution in [1.82, 2.24) is 0 Å². The average Bonchev–Trinajstić information content (AvgIpc) is 3.03. The molecule has 0 aliphatic carbocycles. The zero-order valence-corrected chi connectivity index (χ0v) is 23.8. The van der Waals surface area contributed by atoms with Crippen LogP contribution in [0.1, 0.15) is 41.4 Å². The summed E-state index contributed by atoms with van der Waals surface area (Å²) in [6, 6.07) is 11.6. The van der Waals surface area contributed by atoms with E-state index < -0.39 is 57.3 Å². The molecule has 0 aliphatic heterocycles. The standard InChI is InChI=1S/C32H26O12/c1-41-15-5-7-17(27(9-15)43-3)29(37)31(39)21-11-19(23(33)13-25(21)35)20-12-22(26(36)14-24(20)34)32(40)30(38)18-8-6-16(42-2)10-28(18)44-4/h5-14,33-36H,1-4H3. The molecule has 0 aliphatic rings. The molecule has 0 bridgehead atoms. The van der Waals surface area contributed by atoms with Crippen LogP contribution in [0.3, 0.4) is 0 Å². The maximum Gasteiger partial charge on any atom is 0.237 e. The molecule has 4 aromatic rings. The first-order valence-corrected chi connectivity index (χ1v) is 12.7. The highest BCUT2D eigenvalue weighted by molar-refractivity contribution is 6.51. The van der Waals surface area contributed by atoms with E-state index in [-0.39, 0.29) is 33.8 Å². The van der Waals surface area contributed by atoms with Gasteiger partial charge in [-0.2, -0.15) is 0 Å². The molecule has 0 heterocycles. The number of ketones is 4. The van der Waals surface area contributed by atoms with Crippen molar-refractivity contribution in [3.8, 4) is 57.1 Å². The van der Waals surface area contributed by atoms with E-state index in [2.05, 4.69) is 0 Å². The number of benzene rings is 4. The quantitative estimate of drug-likeness (QED) is 0.141. The van der Waals surface area contributed by atoms with E-state index in [9.17, 15) is 39.6 Å². The van der Waals surface area contributed by atoms with Gasteiger partial charge in [0.15, 0.2) is 0 Å². The molecule has 0 unspecified atom stereocenters. The maximum absolute atomic E-state index is 13.2. The van der Waals surface area contributed by atoms with E-state index in [1.54, 1.807) is 0 Å². The van der Waals surface area contributed by atoms with Crippen LogP contribution in [0.5, 0.6) is 46.0 Å². The Hall–Kier alpha value is -6.04. The third-order valence-electron chi connectivity index (χ3n) is 6.73. The largest absolute Gasteiger partial charge is 0.507 e. The fraction of sp³-hybridized carbons (Fsp3) is 0.125. The number of methoxy groups -OCH3 is 4. The number of phenolic OH excluding ortho intramolecular Hbond substituents is 4. The topological polar surface area (TPSA) is 186 Å². The maximum atomic E-state index is 13.2. The molecule has 0 radical (unpaired) electrons. The van der Waals surface area contributed by atoms with Crippen LogP contribution in [0.15, 0.2) is 60.7 Å². The van der Waals surface area contributed by atoms with Crippen LogP contribution in [0.25, 0.3) is 11.1 Å². The van der Waals surface area contributed by atoms with Gasteiger partial charge >= 0.3 is 0 Å². The van der Waals surface area contributed by atoms with Crippen molar-refractivity contribution >= 4 is 23.1 Å². The van der Waals surface area contributed by atoms with E-state index in [0.717, 1.165) is 24.3 Å². The van der Waals surface area contributed by atoms with Crippen LogP contribution in [0, 0.1) is 0 Å². The number of aromatic hydroxyl groups is 4. The van der Waals surface area contributed by atoms with Gasteiger partial charge < -0.3 is 39.4 Å². The number of rotatable bonds is 11. The molecule has 0 atom stereocenters. The SMILES string of the molecule is COc1ccc(C(=O)C(=O)c2cc(-c3cc(C(=O)C(=O)c4ccc(OC)cc4OC)c(O)cc3O)c(O)cc2O)c(OC)c1. The van der Waals surface area contributed by atoms with Gasteiger partial charge in [0.2, 0.25) is 23.1 Å². The monoisotopic (exact) mass is 602 g/mol. The third-order valence-corrected chi connectivity index (χ3v) is 6.73. The predicted octanol–water partition coefficient (Wildman–Crippen LogP) is 4.34. The highest BCUT2D eigenvalue weighted by atomic mass is 16.5. The number of hydrogen-bond donors (Lipinski definition) is 4. The van der Waals surface area contributed by atoms with Gasteiger partial charge in [0.25, 0.3) is 0 Å². The molecular weight excluding hydrogens is 576 g/mol. The Morgan fingerprint density at radius 3 is 1.09 bits per heavy atom. The van der Waals surface area contributed by atoms with Gasteiger partial charge in [-0.05, 0) is 36.4 Å². The van der Waals surface area contributed by atoms with E-state index in [4.69, 9.17) is 18.9 Å². The Morgan fingerprint density at radius 1 is 0.432 bits per heavy atom. The van der Waals surface area contributed by atoms with Gasteiger partial charge in [-0.15, -0.1) is 0 Å². The van der Waals surface area contributed by atoms with Crippen molar-refractivity contribution in [2.45, 2.75) is 0 Å². The molecule has 0 amide bonds. The van der Waals surface area contributed by atoms with Crippen molar-refractivity contribution in [2.75, 3.05) is 28.4 Å². The number of hydrogen-bond acceptors (Lipinski definition) is 12. The summed E-state index contributed by atoms with van der Waals surface area (Å²) in [7, 11) is 5.38. The second-order valence-corrected chi connectivity index (χ2v) is 9.22. The van der Waals surface area contributed by atoms with Crippen molar-refractivity contribution < 1.29 is 58.6 Å². The van der Waals surface area contributed by atoms with Crippen LogP contribution < -0.4 is 18.9 Å². The Morgan fingerprint density at radius 2 is 0.773 bits per heavy atom. The van der Waals surface area contributed by atoms with Gasteiger partial charge in [0.1, 0.15) is 46.0 Å².